The third kappa shape index (κ3) is 2.84. The first kappa shape index (κ1) is 12.8. The topological polar surface area (TPSA) is 64.8 Å². The zero-order valence-electron chi connectivity index (χ0n) is 9.30. The van der Waals surface area contributed by atoms with Crippen LogP contribution in [-0.2, 0) is 9.05 Å². The predicted octanol–water partition coefficient (Wildman–Crippen LogP) is 1.64. The molecule has 88 valence electrons. The van der Waals surface area contributed by atoms with Crippen molar-refractivity contribution in [2.24, 2.45) is 0 Å². The van der Waals surface area contributed by atoms with E-state index in [9.17, 15) is 10.1 Å². The molecule has 0 bridgehead atoms. The molecule has 0 N–H and O–H groups in total. The van der Waals surface area contributed by atoms with E-state index in [0.29, 0.717) is 0 Å². The van der Waals surface area contributed by atoms with Gasteiger partial charge in [0, 0.05) is 24.9 Å². The van der Waals surface area contributed by atoms with Crippen molar-refractivity contribution in [3.63, 3.8) is 0 Å². The Morgan fingerprint density at radius 3 is 2.20 bits per heavy atom. The molecule has 0 aliphatic carbocycles. The highest BCUT2D eigenvalue weighted by Gasteiger charge is 2.44. The molecule has 0 atom stereocenters. The van der Waals surface area contributed by atoms with Crippen LogP contribution in [0.1, 0.15) is 20.8 Å². The van der Waals surface area contributed by atoms with Crippen LogP contribution in [0, 0.1) is 10.1 Å². The van der Waals surface area contributed by atoms with Gasteiger partial charge in [-0.25, -0.2) is 4.67 Å². The third-order valence-corrected chi connectivity index (χ3v) is 4.10. The molecular formula is C8H17N2O4P. The van der Waals surface area contributed by atoms with Crippen molar-refractivity contribution < 1.29 is 14.0 Å². The van der Waals surface area contributed by atoms with Crippen LogP contribution >= 0.6 is 8.53 Å². The third-order valence-electron chi connectivity index (χ3n) is 2.37. The zero-order valence-corrected chi connectivity index (χ0v) is 10.2. The maximum absolute atomic E-state index is 10.7. The van der Waals surface area contributed by atoms with E-state index in [1.807, 2.05) is 18.5 Å². The number of hydrogen-bond acceptors (Lipinski definition) is 5. The van der Waals surface area contributed by atoms with Crippen molar-refractivity contribution in [3.8, 4) is 0 Å². The van der Waals surface area contributed by atoms with Crippen LogP contribution in [0.25, 0.3) is 0 Å². The minimum absolute atomic E-state index is 0.127. The Morgan fingerprint density at radius 1 is 1.40 bits per heavy atom. The second-order valence-corrected chi connectivity index (χ2v) is 5.24. The summed E-state index contributed by atoms with van der Waals surface area (Å²) >= 11 is 0. The lowest BCUT2D eigenvalue weighted by Crippen LogP contribution is -2.47. The van der Waals surface area contributed by atoms with Crippen LogP contribution < -0.4 is 0 Å². The molecule has 0 aromatic heterocycles. The highest BCUT2D eigenvalue weighted by molar-refractivity contribution is 7.44. The van der Waals surface area contributed by atoms with Crippen LogP contribution in [0.15, 0.2) is 0 Å². The summed E-state index contributed by atoms with van der Waals surface area (Å²) in [6, 6.07) is 0. The van der Waals surface area contributed by atoms with Crippen LogP contribution in [0.5, 0.6) is 0 Å². The van der Waals surface area contributed by atoms with Gasteiger partial charge in [0.1, 0.15) is 13.2 Å². The standard InChI is InChI=1S/C8H17N2O4P/c1-4-9(5-2)15-13-6-8(3,7-14-15)10(11)12/h4-7H2,1-3H3. The minimum Gasteiger partial charge on any atom is -0.314 e. The van der Waals surface area contributed by atoms with Crippen molar-refractivity contribution in [1.29, 1.82) is 0 Å². The molecule has 0 aromatic carbocycles. The SMILES string of the molecule is CCN(CC)P1OCC(C)([N+](=O)[O-])CO1. The average Bonchev–Trinajstić information content (AvgIpc) is 2.22. The number of hydrogen-bond donors (Lipinski definition) is 0. The lowest BCUT2D eigenvalue weighted by Gasteiger charge is -2.34. The van der Waals surface area contributed by atoms with Crippen LogP contribution in [0.4, 0.5) is 0 Å². The molecule has 6 nitrogen and oxygen atoms in total. The smallest absolute Gasteiger partial charge is 0.266 e. The number of rotatable bonds is 4. The first-order valence-corrected chi connectivity index (χ1v) is 6.12. The largest absolute Gasteiger partial charge is 0.314 e. The molecule has 0 saturated carbocycles. The van der Waals surface area contributed by atoms with Gasteiger partial charge in [-0.2, -0.15) is 0 Å². The quantitative estimate of drug-likeness (QED) is 0.421. The van der Waals surface area contributed by atoms with Gasteiger partial charge < -0.3 is 9.05 Å². The van der Waals surface area contributed by atoms with Gasteiger partial charge in [0.25, 0.3) is 14.1 Å². The fourth-order valence-electron chi connectivity index (χ4n) is 1.19. The molecule has 1 heterocycles. The van der Waals surface area contributed by atoms with Crippen LogP contribution in [-0.4, -0.2) is 41.4 Å². The zero-order chi connectivity index (χ0) is 11.5. The van der Waals surface area contributed by atoms with Crippen LogP contribution in [0.2, 0.25) is 0 Å². The van der Waals surface area contributed by atoms with Gasteiger partial charge in [-0.1, -0.05) is 13.8 Å². The molecule has 7 heteroatoms. The Hall–Kier alpha value is -0.290. The Bertz CT molecular complexity index is 227. The molecule has 0 spiro atoms. The maximum atomic E-state index is 10.7. The van der Waals surface area contributed by atoms with Gasteiger partial charge in [0.15, 0.2) is 0 Å². The molecule has 1 rings (SSSR count). The normalized spacial score (nSPS) is 31.9. The Labute approximate surface area is 90.7 Å². The molecule has 15 heavy (non-hydrogen) atoms. The molecular weight excluding hydrogens is 219 g/mol. The molecule has 0 aromatic rings. The van der Waals surface area contributed by atoms with Gasteiger partial charge in [0.2, 0.25) is 0 Å². The molecule has 0 unspecified atom stereocenters. The predicted molar refractivity (Wildman–Crippen MR) is 57.1 cm³/mol. The number of nitro groups is 1. The van der Waals surface area contributed by atoms with Crippen molar-refractivity contribution in [1.82, 2.24) is 4.67 Å². The Balaban J connectivity index is 2.51. The summed E-state index contributed by atoms with van der Waals surface area (Å²) in [7, 11) is -1.09. The van der Waals surface area contributed by atoms with Crippen molar-refractivity contribution in [3.05, 3.63) is 10.1 Å². The lowest BCUT2D eigenvalue weighted by atomic mass is 10.1. The first-order chi connectivity index (χ1) is 7.03. The van der Waals surface area contributed by atoms with E-state index in [1.54, 1.807) is 6.92 Å². The molecule has 0 radical (unpaired) electrons. The number of nitrogens with zero attached hydrogens (tertiary/aromatic N) is 2. The second kappa shape index (κ2) is 5.16. The van der Waals surface area contributed by atoms with Gasteiger partial charge in [-0.3, -0.25) is 10.1 Å². The molecule has 0 amide bonds. The summed E-state index contributed by atoms with van der Waals surface area (Å²) in [5, 5.41) is 10.7. The summed E-state index contributed by atoms with van der Waals surface area (Å²) in [5.41, 5.74) is -1.09. The molecule has 1 saturated heterocycles. The summed E-state index contributed by atoms with van der Waals surface area (Å²) in [4.78, 5) is 10.4. The van der Waals surface area contributed by atoms with E-state index >= 15 is 0 Å². The summed E-state index contributed by atoms with van der Waals surface area (Å²) in [6.07, 6.45) is 0. The summed E-state index contributed by atoms with van der Waals surface area (Å²) < 4.78 is 12.9. The second-order valence-electron chi connectivity index (χ2n) is 3.68. The molecule has 1 aliphatic rings. The average molecular weight is 236 g/mol. The molecule has 1 aliphatic heterocycles. The fraction of sp³-hybridized carbons (Fsp3) is 1.00. The van der Waals surface area contributed by atoms with E-state index in [4.69, 9.17) is 9.05 Å². The van der Waals surface area contributed by atoms with Gasteiger partial charge in [-0.05, 0) is 0 Å². The fourth-order valence-corrected chi connectivity index (χ4v) is 2.83. The van der Waals surface area contributed by atoms with Crippen molar-refractivity contribution in [2.45, 2.75) is 26.3 Å². The van der Waals surface area contributed by atoms with Gasteiger partial charge >= 0.3 is 0 Å². The van der Waals surface area contributed by atoms with Crippen LogP contribution in [0.3, 0.4) is 0 Å². The maximum Gasteiger partial charge on any atom is 0.266 e. The van der Waals surface area contributed by atoms with Crippen molar-refractivity contribution >= 4 is 8.53 Å². The first-order valence-electron chi connectivity index (χ1n) is 4.99. The van der Waals surface area contributed by atoms with E-state index in [2.05, 4.69) is 0 Å². The van der Waals surface area contributed by atoms with E-state index in [0.717, 1.165) is 13.1 Å². The van der Waals surface area contributed by atoms with E-state index < -0.39 is 14.1 Å². The molecule has 1 fully saturated rings. The van der Waals surface area contributed by atoms with E-state index in [-0.39, 0.29) is 18.1 Å². The van der Waals surface area contributed by atoms with Crippen molar-refractivity contribution in [2.75, 3.05) is 26.3 Å². The highest BCUT2D eigenvalue weighted by Crippen LogP contribution is 2.47. The minimum atomic E-state index is -1.09. The Morgan fingerprint density at radius 2 is 1.87 bits per heavy atom. The lowest BCUT2D eigenvalue weighted by molar-refractivity contribution is -0.572. The van der Waals surface area contributed by atoms with E-state index in [1.165, 1.54) is 0 Å². The highest BCUT2D eigenvalue weighted by atomic mass is 31.2. The monoisotopic (exact) mass is 236 g/mol. The van der Waals surface area contributed by atoms with Gasteiger partial charge in [0.05, 0.1) is 0 Å². The van der Waals surface area contributed by atoms with Gasteiger partial charge in [-0.15, -0.1) is 0 Å². The summed E-state index contributed by atoms with van der Waals surface area (Å²) in [6.45, 7) is 7.49. The summed E-state index contributed by atoms with van der Waals surface area (Å²) in [5.74, 6) is 0. The Kier molecular flexibility index (Phi) is 4.40.